The minimum Gasteiger partial charge on any atom is -0.512 e. The van der Waals surface area contributed by atoms with Crippen molar-refractivity contribution in [3.63, 3.8) is 0 Å². The molecule has 1 aromatic rings. The minimum atomic E-state index is -1.55. The van der Waals surface area contributed by atoms with Crippen molar-refractivity contribution in [1.29, 1.82) is 0 Å². The standard InChI is InChI=1S/C19H24FNO3/c1-18(2,3)24-17(23)21-10-8-19(20,9-11-21)16-14-7-5-4-6-13(14)12-15(16)22/h4-7,12,16,22H,8-11H2,1-3H3. The quantitative estimate of drug-likeness (QED) is 0.827. The zero-order chi connectivity index (χ0) is 17.5. The number of nitrogens with zero attached hydrogens (tertiary/aromatic N) is 1. The fraction of sp³-hybridized carbons (Fsp3) is 0.526. The SMILES string of the molecule is CC(C)(C)OC(=O)N1CCC(F)(C2C(O)=Cc3ccccc32)CC1. The van der Waals surface area contributed by atoms with Crippen LogP contribution in [0.2, 0.25) is 0 Å². The number of alkyl halides is 1. The summed E-state index contributed by atoms with van der Waals surface area (Å²) in [4.78, 5) is 13.7. The van der Waals surface area contributed by atoms with Gasteiger partial charge >= 0.3 is 6.09 Å². The molecule has 0 radical (unpaired) electrons. The largest absolute Gasteiger partial charge is 0.512 e. The normalized spacial score (nSPS) is 22.8. The molecule has 2 aliphatic rings. The van der Waals surface area contributed by atoms with E-state index in [1.54, 1.807) is 11.0 Å². The van der Waals surface area contributed by atoms with Crippen molar-refractivity contribution in [3.8, 4) is 0 Å². The molecule has 1 unspecified atom stereocenters. The summed E-state index contributed by atoms with van der Waals surface area (Å²) in [5.74, 6) is -0.570. The maximum Gasteiger partial charge on any atom is 0.410 e. The molecule has 5 heteroatoms. The molecule has 3 rings (SSSR count). The zero-order valence-electron chi connectivity index (χ0n) is 14.4. The molecule has 4 nitrogen and oxygen atoms in total. The molecule has 24 heavy (non-hydrogen) atoms. The first-order valence-corrected chi connectivity index (χ1v) is 8.36. The number of aliphatic hydroxyl groups excluding tert-OH is 1. The van der Waals surface area contributed by atoms with Crippen LogP contribution < -0.4 is 0 Å². The highest BCUT2D eigenvalue weighted by molar-refractivity contribution is 5.69. The molecule has 1 amide bonds. The van der Waals surface area contributed by atoms with Gasteiger partial charge in [0.15, 0.2) is 0 Å². The van der Waals surface area contributed by atoms with Gasteiger partial charge in [0, 0.05) is 25.9 Å². The molecule has 0 aromatic heterocycles. The fourth-order valence-electron chi connectivity index (χ4n) is 3.53. The van der Waals surface area contributed by atoms with Crippen molar-refractivity contribution in [2.45, 2.75) is 50.8 Å². The Morgan fingerprint density at radius 3 is 2.54 bits per heavy atom. The van der Waals surface area contributed by atoms with Crippen LogP contribution in [-0.4, -0.2) is 40.5 Å². The topological polar surface area (TPSA) is 49.8 Å². The molecule has 1 aliphatic carbocycles. The van der Waals surface area contributed by atoms with E-state index in [1.165, 1.54) is 0 Å². The van der Waals surface area contributed by atoms with Gasteiger partial charge in [-0.3, -0.25) is 0 Å². The number of carbonyl (C=O) groups excluding carboxylic acids is 1. The van der Waals surface area contributed by atoms with Gasteiger partial charge in [-0.15, -0.1) is 0 Å². The van der Waals surface area contributed by atoms with Crippen molar-refractivity contribution < 1.29 is 19.0 Å². The molecule has 1 saturated heterocycles. The maximum absolute atomic E-state index is 15.6. The van der Waals surface area contributed by atoms with Crippen molar-refractivity contribution >= 4 is 12.2 Å². The third kappa shape index (κ3) is 3.12. The number of halogens is 1. The number of hydrogen-bond acceptors (Lipinski definition) is 3. The van der Waals surface area contributed by atoms with Crippen LogP contribution in [0.25, 0.3) is 6.08 Å². The highest BCUT2D eigenvalue weighted by Gasteiger charge is 2.48. The van der Waals surface area contributed by atoms with Gasteiger partial charge in [0.05, 0.1) is 5.92 Å². The predicted octanol–water partition coefficient (Wildman–Crippen LogP) is 4.42. The number of ether oxygens (including phenoxy) is 1. The lowest BCUT2D eigenvalue weighted by Gasteiger charge is -2.40. The highest BCUT2D eigenvalue weighted by Crippen LogP contribution is 2.48. The number of aliphatic hydroxyl groups is 1. The number of fused-ring (bicyclic) bond motifs is 1. The molecular formula is C19H24FNO3. The average molecular weight is 333 g/mol. The van der Waals surface area contributed by atoms with E-state index in [-0.39, 0.29) is 31.7 Å². The first-order chi connectivity index (χ1) is 11.2. The van der Waals surface area contributed by atoms with Crippen molar-refractivity contribution in [2.75, 3.05) is 13.1 Å². The number of allylic oxidation sites excluding steroid dienone is 1. The molecule has 1 N–H and O–H groups in total. The van der Waals surface area contributed by atoms with Gasteiger partial charge < -0.3 is 14.7 Å². The smallest absolute Gasteiger partial charge is 0.410 e. The van der Waals surface area contributed by atoms with Crippen LogP contribution in [0.4, 0.5) is 9.18 Å². The summed E-state index contributed by atoms with van der Waals surface area (Å²) in [7, 11) is 0. The van der Waals surface area contributed by atoms with Crippen LogP contribution in [0.3, 0.4) is 0 Å². The summed E-state index contributed by atoms with van der Waals surface area (Å²) in [6.45, 7) is 6.01. The number of rotatable bonds is 1. The predicted molar refractivity (Wildman–Crippen MR) is 90.7 cm³/mol. The van der Waals surface area contributed by atoms with E-state index in [2.05, 4.69) is 0 Å². The number of carbonyl (C=O) groups is 1. The van der Waals surface area contributed by atoms with Crippen LogP contribution in [0.1, 0.15) is 50.7 Å². The van der Waals surface area contributed by atoms with Gasteiger partial charge in [-0.25, -0.2) is 9.18 Å². The molecule has 1 aliphatic heterocycles. The van der Waals surface area contributed by atoms with E-state index in [1.807, 2.05) is 45.0 Å². The Balaban J connectivity index is 1.72. The van der Waals surface area contributed by atoms with E-state index in [4.69, 9.17) is 4.74 Å². The first-order valence-electron chi connectivity index (χ1n) is 8.36. The fourth-order valence-corrected chi connectivity index (χ4v) is 3.53. The summed E-state index contributed by atoms with van der Waals surface area (Å²) >= 11 is 0. The number of hydrogen-bond donors (Lipinski definition) is 1. The Hall–Kier alpha value is -2.04. The molecule has 0 bridgehead atoms. The molecule has 130 valence electrons. The Morgan fingerprint density at radius 1 is 1.29 bits per heavy atom. The molecule has 0 spiro atoms. The summed E-state index contributed by atoms with van der Waals surface area (Å²) in [6.07, 6.45) is 1.60. The van der Waals surface area contributed by atoms with Gasteiger partial charge in [0.2, 0.25) is 0 Å². The second-order valence-corrected chi connectivity index (χ2v) is 7.63. The number of piperidine rings is 1. The Bertz CT molecular complexity index is 669. The van der Waals surface area contributed by atoms with E-state index in [0.717, 1.165) is 11.1 Å². The van der Waals surface area contributed by atoms with Gasteiger partial charge in [0.25, 0.3) is 0 Å². The monoisotopic (exact) mass is 333 g/mol. The summed E-state index contributed by atoms with van der Waals surface area (Å²) in [5.41, 5.74) is -0.423. The van der Waals surface area contributed by atoms with Crippen molar-refractivity contribution in [3.05, 3.63) is 41.2 Å². The second kappa shape index (κ2) is 5.80. The van der Waals surface area contributed by atoms with Crippen LogP contribution >= 0.6 is 0 Å². The number of likely N-dealkylation sites (tertiary alicyclic amines) is 1. The first kappa shape index (κ1) is 16.8. The second-order valence-electron chi connectivity index (χ2n) is 7.63. The van der Waals surface area contributed by atoms with Gasteiger partial charge in [-0.05, 0) is 38.0 Å². The third-order valence-corrected chi connectivity index (χ3v) is 4.67. The third-order valence-electron chi connectivity index (χ3n) is 4.67. The van der Waals surface area contributed by atoms with Crippen LogP contribution in [0.5, 0.6) is 0 Å². The van der Waals surface area contributed by atoms with E-state index in [0.29, 0.717) is 0 Å². The van der Waals surface area contributed by atoms with Crippen LogP contribution in [-0.2, 0) is 4.74 Å². The molecule has 1 heterocycles. The molecule has 1 aromatic carbocycles. The maximum atomic E-state index is 15.6. The molecule has 1 fully saturated rings. The Morgan fingerprint density at radius 2 is 1.92 bits per heavy atom. The minimum absolute atomic E-state index is 0.0735. The van der Waals surface area contributed by atoms with E-state index in [9.17, 15) is 9.90 Å². The number of amides is 1. The molecule has 1 atom stereocenters. The van der Waals surface area contributed by atoms with E-state index < -0.39 is 23.3 Å². The summed E-state index contributed by atoms with van der Waals surface area (Å²) in [5, 5.41) is 10.3. The lowest BCUT2D eigenvalue weighted by Crippen LogP contribution is -2.48. The van der Waals surface area contributed by atoms with Gasteiger partial charge in [-0.2, -0.15) is 0 Å². The van der Waals surface area contributed by atoms with Crippen LogP contribution in [0, 0.1) is 0 Å². The highest BCUT2D eigenvalue weighted by atomic mass is 19.1. The van der Waals surface area contributed by atoms with Crippen molar-refractivity contribution in [2.24, 2.45) is 0 Å². The van der Waals surface area contributed by atoms with E-state index >= 15 is 4.39 Å². The van der Waals surface area contributed by atoms with Crippen LogP contribution in [0.15, 0.2) is 30.0 Å². The zero-order valence-corrected chi connectivity index (χ0v) is 14.4. The van der Waals surface area contributed by atoms with Crippen molar-refractivity contribution in [1.82, 2.24) is 4.90 Å². The Labute approximate surface area is 141 Å². The lowest BCUT2D eigenvalue weighted by atomic mass is 9.78. The molecule has 0 saturated carbocycles. The summed E-state index contributed by atoms with van der Waals surface area (Å²) in [6, 6.07) is 7.48. The Kier molecular flexibility index (Phi) is 4.06. The average Bonchev–Trinajstić information content (AvgIpc) is 2.82. The van der Waals surface area contributed by atoms with Gasteiger partial charge in [-0.1, -0.05) is 24.3 Å². The summed E-state index contributed by atoms with van der Waals surface area (Å²) < 4.78 is 21.0. The van der Waals surface area contributed by atoms with Gasteiger partial charge in [0.1, 0.15) is 17.0 Å². The lowest BCUT2D eigenvalue weighted by molar-refractivity contribution is -0.00312. The number of benzene rings is 1. The molecular weight excluding hydrogens is 309 g/mol.